The average Bonchev–Trinajstić information content (AvgIpc) is 2.69. The summed E-state index contributed by atoms with van der Waals surface area (Å²) in [6.07, 6.45) is 5.82. The van der Waals surface area contributed by atoms with Crippen LogP contribution in [-0.4, -0.2) is 34.1 Å². The third kappa shape index (κ3) is 7.66. The molecule has 170 valence electrons. The summed E-state index contributed by atoms with van der Waals surface area (Å²) in [6, 6.07) is 6.49. The van der Waals surface area contributed by atoms with Crippen molar-refractivity contribution in [2.75, 3.05) is 15.4 Å². The summed E-state index contributed by atoms with van der Waals surface area (Å²) in [7, 11) is 0. The molecule has 2 aromatic rings. The van der Waals surface area contributed by atoms with Crippen molar-refractivity contribution >= 4 is 11.3 Å². The molecule has 2 unspecified atom stereocenters. The predicted octanol–water partition coefficient (Wildman–Crippen LogP) is 1.26. The van der Waals surface area contributed by atoms with Crippen molar-refractivity contribution in [3.05, 3.63) is 58.7 Å². The molecule has 0 radical (unpaired) electrons. The van der Waals surface area contributed by atoms with Gasteiger partial charge in [0.1, 0.15) is 0 Å². The van der Waals surface area contributed by atoms with Crippen LogP contribution in [0, 0.1) is 13.8 Å². The molecule has 0 saturated carbocycles. The zero-order chi connectivity index (χ0) is 22.1. The van der Waals surface area contributed by atoms with Crippen molar-refractivity contribution in [3.8, 4) is 0 Å². The molecule has 2 heterocycles. The molecule has 0 saturated heterocycles. The fourth-order valence-electron chi connectivity index (χ4n) is 3.67. The second-order valence-electron chi connectivity index (χ2n) is 8.16. The van der Waals surface area contributed by atoms with Crippen LogP contribution in [0.1, 0.15) is 67.6 Å². The summed E-state index contributed by atoms with van der Waals surface area (Å²) >= 11 is -4.47. The standard InChI is InChI=1S/C23H37IN3O2S/c1-6-24(11-7-8-13-27-30(28)29,15-22-20(5)14-19(4)17-26-22)16-23-21(18(2)3)10-9-12-25-23/h9-10,12,14,17-18,27H,6-8,11,13,15-16H2,1-5H3,(H,28,29)/q-1/p-1. The number of rotatable bonds is 12. The van der Waals surface area contributed by atoms with Crippen LogP contribution in [0.3, 0.4) is 0 Å². The number of alkyl halides is 4. The monoisotopic (exact) mass is 545 g/mol. The van der Waals surface area contributed by atoms with Crippen LogP contribution < -0.4 is 23.2 Å². The van der Waals surface area contributed by atoms with Gasteiger partial charge in [0.05, 0.1) is 0 Å². The van der Waals surface area contributed by atoms with Crippen molar-refractivity contribution in [1.82, 2.24) is 14.7 Å². The van der Waals surface area contributed by atoms with Crippen LogP contribution >= 0.6 is 0 Å². The molecule has 1 N–H and O–H groups in total. The zero-order valence-corrected chi connectivity index (χ0v) is 21.9. The van der Waals surface area contributed by atoms with Crippen LogP contribution in [0.2, 0.25) is 0 Å². The first-order chi connectivity index (χ1) is 14.3. The normalized spacial score (nSPS) is 15.7. The van der Waals surface area contributed by atoms with Crippen molar-refractivity contribution in [3.63, 3.8) is 0 Å². The van der Waals surface area contributed by atoms with Crippen molar-refractivity contribution < 1.29 is 27.2 Å². The molecule has 2 atom stereocenters. The quantitative estimate of drug-likeness (QED) is 0.189. The van der Waals surface area contributed by atoms with E-state index in [1.165, 1.54) is 36.9 Å². The zero-order valence-electron chi connectivity index (χ0n) is 18.9. The second kappa shape index (κ2) is 12.2. The van der Waals surface area contributed by atoms with Gasteiger partial charge in [-0.3, -0.25) is 0 Å². The molecule has 5 nitrogen and oxygen atoms in total. The topological polar surface area (TPSA) is 77.9 Å². The fourth-order valence-corrected chi connectivity index (χ4v) is 13.5. The molecule has 0 aliphatic heterocycles. The molecule has 0 aliphatic carbocycles. The predicted molar refractivity (Wildman–Crippen MR) is 121 cm³/mol. The Kier molecular flexibility index (Phi) is 10.3. The molecule has 0 spiro atoms. The Hall–Kier alpha value is -0.900. The van der Waals surface area contributed by atoms with Crippen LogP contribution in [0.4, 0.5) is 0 Å². The van der Waals surface area contributed by atoms with Gasteiger partial charge in [0.2, 0.25) is 0 Å². The number of aryl methyl sites for hydroxylation is 2. The Bertz CT molecular complexity index is 847. The molecule has 0 aliphatic rings. The summed E-state index contributed by atoms with van der Waals surface area (Å²) in [5.41, 5.74) is 6.34. The summed E-state index contributed by atoms with van der Waals surface area (Å²) in [4.78, 5) is 9.62. The molecule has 30 heavy (non-hydrogen) atoms. The van der Waals surface area contributed by atoms with E-state index < -0.39 is 29.7 Å². The minimum atomic E-state index is -2.30. The summed E-state index contributed by atoms with van der Waals surface area (Å²) in [5.74, 6) is 0.458. The molecular weight excluding hydrogens is 509 g/mol. The van der Waals surface area contributed by atoms with Crippen molar-refractivity contribution in [1.29, 1.82) is 0 Å². The summed E-state index contributed by atoms with van der Waals surface area (Å²) in [5, 5.41) is 0. The number of hydrogen-bond acceptors (Lipinski definition) is 4. The number of nitrogens with zero attached hydrogens (tertiary/aromatic N) is 2. The van der Waals surface area contributed by atoms with Gasteiger partial charge >= 0.3 is 189 Å². The van der Waals surface area contributed by atoms with Crippen molar-refractivity contribution in [2.24, 2.45) is 0 Å². The molecule has 2 rings (SSSR count). The van der Waals surface area contributed by atoms with E-state index in [-0.39, 0.29) is 0 Å². The number of pyridine rings is 2. The molecule has 0 aromatic carbocycles. The second-order valence-corrected chi connectivity index (χ2v) is 19.5. The number of halogens is 1. The van der Waals surface area contributed by atoms with E-state index in [2.05, 4.69) is 51.5 Å². The molecule has 7 heteroatoms. The van der Waals surface area contributed by atoms with Crippen molar-refractivity contribution in [2.45, 2.75) is 62.2 Å². The van der Waals surface area contributed by atoms with Gasteiger partial charge in [-0.25, -0.2) is 0 Å². The first-order valence-corrected chi connectivity index (χ1v) is 17.8. The maximum atomic E-state index is 10.7. The number of nitrogens with one attached hydrogen (secondary N) is 1. The van der Waals surface area contributed by atoms with E-state index in [1.807, 2.05) is 18.5 Å². The van der Waals surface area contributed by atoms with E-state index >= 15 is 0 Å². The van der Waals surface area contributed by atoms with Gasteiger partial charge in [0.25, 0.3) is 0 Å². The molecular formula is C23H36IN3O2S-2. The van der Waals surface area contributed by atoms with Gasteiger partial charge in [-0.15, -0.1) is 0 Å². The first kappa shape index (κ1) is 25.4. The Labute approximate surface area is 188 Å². The third-order valence-electron chi connectivity index (χ3n) is 5.44. The molecule has 0 bridgehead atoms. The van der Waals surface area contributed by atoms with Gasteiger partial charge in [0, 0.05) is 0 Å². The van der Waals surface area contributed by atoms with Gasteiger partial charge in [0.15, 0.2) is 0 Å². The fraction of sp³-hybridized carbons (Fsp3) is 0.565. The Morgan fingerprint density at radius 1 is 1.17 bits per heavy atom. The van der Waals surface area contributed by atoms with Crippen LogP contribution in [0.5, 0.6) is 0 Å². The Balaban J connectivity index is 2.28. The van der Waals surface area contributed by atoms with Gasteiger partial charge in [-0.2, -0.15) is 0 Å². The van der Waals surface area contributed by atoms with Gasteiger partial charge in [-0.1, -0.05) is 0 Å². The number of hydrogen-bond donors (Lipinski definition) is 1. The first-order valence-electron chi connectivity index (χ1n) is 10.6. The summed E-state index contributed by atoms with van der Waals surface area (Å²) < 4.78 is 28.6. The van der Waals surface area contributed by atoms with E-state index in [4.69, 9.17) is 9.97 Å². The molecule has 0 fully saturated rings. The van der Waals surface area contributed by atoms with E-state index in [1.54, 1.807) is 0 Å². The minimum absolute atomic E-state index is 0.458. The van der Waals surface area contributed by atoms with E-state index in [0.717, 1.165) is 21.7 Å². The van der Waals surface area contributed by atoms with Crippen LogP contribution in [-0.2, 0) is 20.1 Å². The summed E-state index contributed by atoms with van der Waals surface area (Å²) in [6.45, 7) is 11.6. The molecule has 2 aromatic heterocycles. The SMILES string of the molecule is CC[I-](CCCCNS(=O)[O-])(Cc1ncc(C)cc1C)Cc1ncccc1C(C)C. The third-order valence-corrected chi connectivity index (χ3v) is 16.8. The maximum absolute atomic E-state index is 10.7. The van der Waals surface area contributed by atoms with Gasteiger partial charge < -0.3 is 0 Å². The Morgan fingerprint density at radius 3 is 2.53 bits per heavy atom. The van der Waals surface area contributed by atoms with E-state index in [0.29, 0.717) is 12.5 Å². The van der Waals surface area contributed by atoms with Crippen LogP contribution in [0.15, 0.2) is 30.6 Å². The molecule has 0 amide bonds. The van der Waals surface area contributed by atoms with Gasteiger partial charge in [-0.05, 0) is 0 Å². The Morgan fingerprint density at radius 2 is 1.90 bits per heavy atom. The average molecular weight is 546 g/mol. The number of unbranched alkanes of at least 4 members (excludes halogenated alkanes) is 1. The van der Waals surface area contributed by atoms with E-state index in [9.17, 15) is 8.76 Å². The number of aromatic nitrogens is 2. The van der Waals surface area contributed by atoms with Crippen LogP contribution in [0.25, 0.3) is 0 Å².